The third-order valence-electron chi connectivity index (χ3n) is 5.77. The fraction of sp³-hybridized carbons (Fsp3) is 0.391. The molecule has 0 radical (unpaired) electrons. The first-order valence-electron chi connectivity index (χ1n) is 11.0. The third kappa shape index (κ3) is 5.13. The Morgan fingerprint density at radius 2 is 1.77 bits per heavy atom. The van der Waals surface area contributed by atoms with E-state index in [1.165, 1.54) is 23.1 Å². The molecule has 0 fully saturated rings. The number of sulfonamides is 1. The molecule has 0 saturated heterocycles. The minimum absolute atomic E-state index is 0.00398. The van der Waals surface area contributed by atoms with E-state index < -0.39 is 30.9 Å². The number of nitro benzene ring substituents is 1. The number of rotatable bonds is 9. The lowest BCUT2D eigenvalue weighted by molar-refractivity contribution is -0.387. The zero-order chi connectivity index (χ0) is 26.0. The van der Waals surface area contributed by atoms with Crippen molar-refractivity contribution in [1.82, 2.24) is 4.72 Å². The largest absolute Gasteiger partial charge is 0.493 e. The molecular weight excluding hydrogens is 476 g/mol. The van der Waals surface area contributed by atoms with Crippen molar-refractivity contribution in [2.24, 2.45) is 5.41 Å². The van der Waals surface area contributed by atoms with Crippen LogP contribution in [0.25, 0.3) is 0 Å². The minimum atomic E-state index is -4.06. The number of amides is 2. The second-order valence-electron chi connectivity index (χ2n) is 8.51. The second kappa shape index (κ2) is 10.0. The lowest BCUT2D eigenvalue weighted by atomic mass is 9.90. The Kier molecular flexibility index (Phi) is 7.46. The van der Waals surface area contributed by atoms with Crippen molar-refractivity contribution in [3.8, 4) is 5.75 Å². The van der Waals surface area contributed by atoms with E-state index in [1.807, 2.05) is 6.92 Å². The van der Waals surface area contributed by atoms with E-state index >= 15 is 0 Å². The molecule has 1 aliphatic rings. The van der Waals surface area contributed by atoms with Gasteiger partial charge in [0.05, 0.1) is 22.9 Å². The van der Waals surface area contributed by atoms with E-state index in [9.17, 15) is 28.1 Å². The van der Waals surface area contributed by atoms with Crippen molar-refractivity contribution in [2.75, 3.05) is 36.5 Å². The van der Waals surface area contributed by atoms with Crippen LogP contribution in [0.1, 0.15) is 27.2 Å². The molecule has 0 aliphatic carbocycles. The van der Waals surface area contributed by atoms with Gasteiger partial charge < -0.3 is 14.5 Å². The van der Waals surface area contributed by atoms with Crippen LogP contribution < -0.4 is 19.3 Å². The van der Waals surface area contributed by atoms with E-state index in [4.69, 9.17) is 4.74 Å². The minimum Gasteiger partial charge on any atom is -0.493 e. The Balaban J connectivity index is 1.67. The topological polar surface area (TPSA) is 139 Å². The van der Waals surface area contributed by atoms with Crippen LogP contribution in [0.2, 0.25) is 0 Å². The van der Waals surface area contributed by atoms with Gasteiger partial charge in [-0.2, -0.15) is 0 Å². The molecule has 188 valence electrons. The number of ether oxygens (including phenoxy) is 1. The maximum Gasteiger partial charge on any atom is 0.289 e. The van der Waals surface area contributed by atoms with Gasteiger partial charge in [0.25, 0.3) is 5.69 Å². The number of hydrogen-bond donors (Lipinski definition) is 1. The zero-order valence-corrected chi connectivity index (χ0v) is 20.8. The standard InChI is InChI=1S/C23H28N4O7S/c1-5-26-17-12-11-16(15-19(17)25(4)21(28)23(2,3)22(26)29)34-14-8-13-24-35(32,33)20-10-7-6-9-18(20)27(30)31/h6-7,9-12,15,24H,5,8,13-14H2,1-4H3. The highest BCUT2D eigenvalue weighted by Gasteiger charge is 2.45. The molecule has 2 aromatic rings. The average Bonchev–Trinajstić information content (AvgIpc) is 2.87. The average molecular weight is 505 g/mol. The summed E-state index contributed by atoms with van der Waals surface area (Å²) in [6.07, 6.45) is 0.290. The van der Waals surface area contributed by atoms with Crippen LogP contribution in [-0.4, -0.2) is 51.9 Å². The quantitative estimate of drug-likeness (QED) is 0.240. The number of carbonyl (C=O) groups excluding carboxylic acids is 2. The van der Waals surface area contributed by atoms with Crippen molar-refractivity contribution >= 4 is 38.9 Å². The summed E-state index contributed by atoms with van der Waals surface area (Å²) in [5, 5.41) is 11.1. The van der Waals surface area contributed by atoms with Crippen molar-refractivity contribution < 1.29 is 27.7 Å². The van der Waals surface area contributed by atoms with Crippen LogP contribution in [0.4, 0.5) is 17.1 Å². The fourth-order valence-corrected chi connectivity index (χ4v) is 5.10. The van der Waals surface area contributed by atoms with Crippen molar-refractivity contribution in [2.45, 2.75) is 32.1 Å². The molecule has 1 aliphatic heterocycles. The molecule has 0 saturated carbocycles. The Morgan fingerprint density at radius 3 is 2.43 bits per heavy atom. The molecule has 35 heavy (non-hydrogen) atoms. The first-order chi connectivity index (χ1) is 16.4. The summed E-state index contributed by atoms with van der Waals surface area (Å²) in [5.41, 5.74) is -0.577. The van der Waals surface area contributed by atoms with Gasteiger partial charge in [-0.1, -0.05) is 12.1 Å². The number of benzene rings is 2. The lowest BCUT2D eigenvalue weighted by Gasteiger charge is -2.27. The van der Waals surface area contributed by atoms with Gasteiger partial charge in [0.1, 0.15) is 11.2 Å². The lowest BCUT2D eigenvalue weighted by Crippen LogP contribution is -2.47. The van der Waals surface area contributed by atoms with Crippen LogP contribution in [0, 0.1) is 15.5 Å². The number of hydrogen-bond acceptors (Lipinski definition) is 7. The van der Waals surface area contributed by atoms with Gasteiger partial charge in [-0.15, -0.1) is 0 Å². The number of carbonyl (C=O) groups is 2. The molecule has 1 heterocycles. The van der Waals surface area contributed by atoms with Gasteiger partial charge in [0, 0.05) is 32.3 Å². The Hall–Kier alpha value is -3.51. The summed E-state index contributed by atoms with van der Waals surface area (Å²) in [5.74, 6) is -0.162. The predicted octanol–water partition coefficient (Wildman–Crippen LogP) is 2.70. The van der Waals surface area contributed by atoms with Crippen LogP contribution in [0.3, 0.4) is 0 Å². The van der Waals surface area contributed by atoms with Gasteiger partial charge >= 0.3 is 0 Å². The SMILES string of the molecule is CCN1C(=O)C(C)(C)C(=O)N(C)c2cc(OCCCNS(=O)(=O)c3ccccc3[N+](=O)[O-])ccc21. The van der Waals surface area contributed by atoms with E-state index in [2.05, 4.69) is 4.72 Å². The van der Waals surface area contributed by atoms with Crippen LogP contribution in [-0.2, 0) is 19.6 Å². The van der Waals surface area contributed by atoms with Gasteiger partial charge in [-0.25, -0.2) is 13.1 Å². The van der Waals surface area contributed by atoms with Crippen molar-refractivity contribution in [1.29, 1.82) is 0 Å². The molecule has 0 aromatic heterocycles. The number of nitrogens with zero attached hydrogens (tertiary/aromatic N) is 3. The molecule has 3 rings (SSSR count). The number of nitrogens with one attached hydrogen (secondary N) is 1. The zero-order valence-electron chi connectivity index (χ0n) is 20.0. The first kappa shape index (κ1) is 26.1. The van der Waals surface area contributed by atoms with Crippen LogP contribution in [0.15, 0.2) is 47.4 Å². The first-order valence-corrected chi connectivity index (χ1v) is 12.5. The van der Waals surface area contributed by atoms with Crippen molar-refractivity contribution in [3.63, 3.8) is 0 Å². The maximum absolute atomic E-state index is 12.9. The van der Waals surface area contributed by atoms with Gasteiger partial charge in [0.15, 0.2) is 4.90 Å². The molecule has 0 unspecified atom stereocenters. The van der Waals surface area contributed by atoms with Gasteiger partial charge in [0.2, 0.25) is 21.8 Å². The number of anilines is 2. The highest BCUT2D eigenvalue weighted by molar-refractivity contribution is 7.89. The Morgan fingerprint density at radius 1 is 1.09 bits per heavy atom. The summed E-state index contributed by atoms with van der Waals surface area (Å²) < 4.78 is 33.0. The summed E-state index contributed by atoms with van der Waals surface area (Å²) in [6.45, 7) is 5.59. The van der Waals surface area contributed by atoms with Crippen molar-refractivity contribution in [3.05, 3.63) is 52.6 Å². The highest BCUT2D eigenvalue weighted by atomic mass is 32.2. The van der Waals surface area contributed by atoms with E-state index in [0.717, 1.165) is 6.07 Å². The number of para-hydroxylation sites is 1. The number of fused-ring (bicyclic) bond motifs is 1. The normalized spacial score (nSPS) is 15.5. The molecule has 2 amide bonds. The maximum atomic E-state index is 12.9. The predicted molar refractivity (Wildman–Crippen MR) is 130 cm³/mol. The van der Waals surface area contributed by atoms with E-state index in [-0.39, 0.29) is 31.4 Å². The third-order valence-corrected chi connectivity index (χ3v) is 7.28. The highest BCUT2D eigenvalue weighted by Crippen LogP contribution is 2.40. The summed E-state index contributed by atoms with van der Waals surface area (Å²) in [7, 11) is -2.46. The molecule has 2 aromatic carbocycles. The fourth-order valence-electron chi connectivity index (χ4n) is 3.85. The molecule has 0 atom stereocenters. The number of nitro groups is 1. The van der Waals surface area contributed by atoms with Crippen LogP contribution in [0.5, 0.6) is 5.75 Å². The summed E-state index contributed by atoms with van der Waals surface area (Å²) in [6, 6.07) is 10.2. The molecule has 0 bridgehead atoms. The monoisotopic (exact) mass is 504 g/mol. The Labute approximate surface area is 203 Å². The molecule has 0 spiro atoms. The van der Waals surface area contributed by atoms with E-state index in [0.29, 0.717) is 23.7 Å². The molecular formula is C23H28N4O7S. The molecule has 11 nitrogen and oxygen atoms in total. The molecule has 1 N–H and O–H groups in total. The van der Waals surface area contributed by atoms with Gasteiger partial charge in [-0.05, 0) is 45.4 Å². The summed E-state index contributed by atoms with van der Waals surface area (Å²) in [4.78, 5) is 38.8. The van der Waals surface area contributed by atoms with Crippen LogP contribution >= 0.6 is 0 Å². The van der Waals surface area contributed by atoms with Gasteiger partial charge in [-0.3, -0.25) is 19.7 Å². The Bertz CT molecular complexity index is 1260. The van der Waals surface area contributed by atoms with E-state index in [1.54, 1.807) is 44.0 Å². The second-order valence-corrected chi connectivity index (χ2v) is 10.2. The molecule has 12 heteroatoms. The smallest absolute Gasteiger partial charge is 0.289 e. The summed E-state index contributed by atoms with van der Waals surface area (Å²) >= 11 is 0.